The van der Waals surface area contributed by atoms with Crippen molar-refractivity contribution in [2.75, 3.05) is 0 Å². The highest BCUT2D eigenvalue weighted by Gasteiger charge is 2.65. The molecule has 4 aliphatic carbocycles. The molecule has 2 N–H and O–H groups in total. The number of rotatable bonds is 5. The van der Waals surface area contributed by atoms with Crippen LogP contribution < -0.4 is 0 Å². The van der Waals surface area contributed by atoms with E-state index in [2.05, 4.69) is 54.5 Å². The average Bonchev–Trinajstić information content (AvgIpc) is 2.97. The van der Waals surface area contributed by atoms with Crippen LogP contribution in [-0.2, 0) is 0 Å². The van der Waals surface area contributed by atoms with Gasteiger partial charge in [-0.3, -0.25) is 0 Å². The molecule has 0 saturated heterocycles. The molecule has 4 rings (SSSR count). The van der Waals surface area contributed by atoms with E-state index in [0.29, 0.717) is 17.8 Å². The first-order valence-electron chi connectivity index (χ1n) is 13.5. The number of hydrogen-bond acceptors (Lipinski definition) is 2. The summed E-state index contributed by atoms with van der Waals surface area (Å²) in [6, 6.07) is 0. The van der Waals surface area contributed by atoms with Gasteiger partial charge in [0.05, 0.1) is 11.7 Å². The predicted molar refractivity (Wildman–Crippen MR) is 130 cm³/mol. The number of hydrogen-bond donors (Lipinski definition) is 2. The molecule has 31 heavy (non-hydrogen) atoms. The topological polar surface area (TPSA) is 40.5 Å². The van der Waals surface area contributed by atoms with Gasteiger partial charge in [0.2, 0.25) is 0 Å². The molecule has 2 heteroatoms. The zero-order valence-electron chi connectivity index (χ0n) is 21.5. The van der Waals surface area contributed by atoms with E-state index in [1.165, 1.54) is 38.5 Å². The molecule has 0 aliphatic heterocycles. The van der Waals surface area contributed by atoms with Crippen molar-refractivity contribution in [3.05, 3.63) is 11.6 Å². The van der Waals surface area contributed by atoms with Crippen molar-refractivity contribution in [1.82, 2.24) is 0 Å². The Labute approximate surface area is 192 Å². The van der Waals surface area contributed by atoms with Crippen LogP contribution in [0.2, 0.25) is 0 Å². The van der Waals surface area contributed by atoms with Crippen molar-refractivity contribution in [2.45, 2.75) is 124 Å². The van der Waals surface area contributed by atoms with Gasteiger partial charge in [0, 0.05) is 5.41 Å². The molecule has 3 fully saturated rings. The van der Waals surface area contributed by atoms with E-state index in [1.54, 1.807) is 5.57 Å². The Bertz CT molecular complexity index is 708. The lowest BCUT2D eigenvalue weighted by Crippen LogP contribution is -2.58. The van der Waals surface area contributed by atoms with Crippen LogP contribution in [0.25, 0.3) is 0 Å². The maximum atomic E-state index is 12.1. The molecule has 0 spiro atoms. The fourth-order valence-corrected chi connectivity index (χ4v) is 9.32. The molecule has 0 aromatic rings. The van der Waals surface area contributed by atoms with Crippen molar-refractivity contribution in [3.8, 4) is 0 Å². The fourth-order valence-electron chi connectivity index (χ4n) is 9.32. The standard InChI is InChI=1S/C29H50O2/c1-19(2)9-8-10-20(3)29(31)18-14-23-21-11-12-24-26(4,5)25(30)15-16-27(24,6)22(21)13-17-28(23,29)7/h12,19-23,25,30-31H,8-11,13-18H2,1-7H3/t20-,21-,22+,23+,25+,27-,28+,29-/m1/s1. The molecule has 3 saturated carbocycles. The Balaban J connectivity index is 1.58. The van der Waals surface area contributed by atoms with Crippen LogP contribution in [0.5, 0.6) is 0 Å². The first-order valence-corrected chi connectivity index (χ1v) is 13.5. The minimum absolute atomic E-state index is 0.0663. The summed E-state index contributed by atoms with van der Waals surface area (Å²) >= 11 is 0. The van der Waals surface area contributed by atoms with Gasteiger partial charge in [-0.05, 0) is 91.8 Å². The van der Waals surface area contributed by atoms with Crippen LogP contribution in [-0.4, -0.2) is 21.9 Å². The van der Waals surface area contributed by atoms with E-state index >= 15 is 0 Å². The van der Waals surface area contributed by atoms with E-state index in [-0.39, 0.29) is 22.3 Å². The van der Waals surface area contributed by atoms with Crippen LogP contribution in [0.15, 0.2) is 11.6 Å². The molecule has 4 aliphatic rings. The van der Waals surface area contributed by atoms with E-state index in [4.69, 9.17) is 0 Å². The second-order valence-electron chi connectivity index (χ2n) is 13.6. The Kier molecular flexibility index (Phi) is 6.04. The largest absolute Gasteiger partial charge is 0.392 e. The lowest BCUT2D eigenvalue weighted by Gasteiger charge is -2.62. The first kappa shape index (κ1) is 23.8. The highest BCUT2D eigenvalue weighted by atomic mass is 16.3. The molecule has 178 valence electrons. The smallest absolute Gasteiger partial charge is 0.0729 e. The molecule has 0 bridgehead atoms. The molecule has 0 radical (unpaired) electrons. The van der Waals surface area contributed by atoms with Crippen LogP contribution in [0, 0.1) is 45.8 Å². The SMILES string of the molecule is CC(C)CCC[C@@H](C)[C@]1(O)CC[C@H]2[C@@H]3CC=C4C(C)(C)[C@@H](O)CC[C@]4(C)[C@H]3CC[C@@]21C. The number of aliphatic hydroxyl groups excluding tert-OH is 1. The summed E-state index contributed by atoms with van der Waals surface area (Å²) in [5.74, 6) is 3.22. The van der Waals surface area contributed by atoms with Gasteiger partial charge in [-0.1, -0.05) is 73.0 Å². The molecule has 0 heterocycles. The summed E-state index contributed by atoms with van der Waals surface area (Å²) in [5.41, 5.74) is 1.25. The van der Waals surface area contributed by atoms with E-state index in [9.17, 15) is 10.2 Å². The average molecular weight is 431 g/mol. The van der Waals surface area contributed by atoms with E-state index in [0.717, 1.165) is 37.5 Å². The predicted octanol–water partition coefficient (Wildman–Crippen LogP) is 7.14. The maximum absolute atomic E-state index is 12.1. The summed E-state index contributed by atoms with van der Waals surface area (Å²) < 4.78 is 0. The second-order valence-corrected chi connectivity index (χ2v) is 13.6. The fraction of sp³-hybridized carbons (Fsp3) is 0.931. The molecule has 0 aromatic heterocycles. The van der Waals surface area contributed by atoms with Gasteiger partial charge in [-0.2, -0.15) is 0 Å². The summed E-state index contributed by atoms with van der Waals surface area (Å²) in [4.78, 5) is 0. The number of aliphatic hydroxyl groups is 2. The summed E-state index contributed by atoms with van der Waals surface area (Å²) in [6.07, 6.45) is 13.9. The summed E-state index contributed by atoms with van der Waals surface area (Å²) in [6.45, 7) is 16.5. The first-order chi connectivity index (χ1) is 14.4. The third-order valence-corrected chi connectivity index (χ3v) is 11.4. The Morgan fingerprint density at radius 2 is 1.61 bits per heavy atom. The molecule has 0 unspecified atom stereocenters. The van der Waals surface area contributed by atoms with Gasteiger partial charge in [0.1, 0.15) is 0 Å². The number of allylic oxidation sites excluding steroid dienone is 1. The van der Waals surface area contributed by atoms with Gasteiger partial charge in [0.15, 0.2) is 0 Å². The monoisotopic (exact) mass is 430 g/mol. The Hall–Kier alpha value is -0.340. The van der Waals surface area contributed by atoms with Gasteiger partial charge >= 0.3 is 0 Å². The highest BCUT2D eigenvalue weighted by molar-refractivity contribution is 5.31. The maximum Gasteiger partial charge on any atom is 0.0729 e. The second kappa shape index (κ2) is 7.86. The van der Waals surface area contributed by atoms with Crippen LogP contribution >= 0.6 is 0 Å². The third kappa shape index (κ3) is 3.40. The summed E-state index contributed by atoms with van der Waals surface area (Å²) in [5, 5.41) is 22.9. The van der Waals surface area contributed by atoms with Crippen molar-refractivity contribution >= 4 is 0 Å². The molecule has 2 nitrogen and oxygen atoms in total. The van der Waals surface area contributed by atoms with Gasteiger partial charge in [-0.15, -0.1) is 0 Å². The van der Waals surface area contributed by atoms with Crippen molar-refractivity contribution in [3.63, 3.8) is 0 Å². The normalized spacial score (nSPS) is 47.4. The molecular weight excluding hydrogens is 380 g/mol. The minimum atomic E-state index is -0.494. The number of fused-ring (bicyclic) bond motifs is 5. The third-order valence-electron chi connectivity index (χ3n) is 11.4. The summed E-state index contributed by atoms with van der Waals surface area (Å²) in [7, 11) is 0. The van der Waals surface area contributed by atoms with Crippen LogP contribution in [0.4, 0.5) is 0 Å². The van der Waals surface area contributed by atoms with Crippen molar-refractivity contribution in [2.24, 2.45) is 45.8 Å². The molecule has 0 aromatic carbocycles. The quantitative estimate of drug-likeness (QED) is 0.455. The Morgan fingerprint density at radius 1 is 0.935 bits per heavy atom. The van der Waals surface area contributed by atoms with E-state index < -0.39 is 5.60 Å². The lowest BCUT2D eigenvalue weighted by molar-refractivity contribution is -0.153. The van der Waals surface area contributed by atoms with Gasteiger partial charge in [-0.25, -0.2) is 0 Å². The molecular formula is C29H50O2. The molecule has 8 atom stereocenters. The van der Waals surface area contributed by atoms with Gasteiger partial charge in [0.25, 0.3) is 0 Å². The van der Waals surface area contributed by atoms with Crippen molar-refractivity contribution in [1.29, 1.82) is 0 Å². The Morgan fingerprint density at radius 3 is 2.29 bits per heavy atom. The van der Waals surface area contributed by atoms with Crippen LogP contribution in [0.3, 0.4) is 0 Å². The molecule has 0 amide bonds. The van der Waals surface area contributed by atoms with Crippen LogP contribution in [0.1, 0.15) is 113 Å². The zero-order valence-corrected chi connectivity index (χ0v) is 21.5. The zero-order chi connectivity index (χ0) is 22.8. The minimum Gasteiger partial charge on any atom is -0.392 e. The van der Waals surface area contributed by atoms with Crippen molar-refractivity contribution < 1.29 is 10.2 Å². The van der Waals surface area contributed by atoms with Gasteiger partial charge < -0.3 is 10.2 Å². The highest BCUT2D eigenvalue weighted by Crippen LogP contribution is 2.69. The van der Waals surface area contributed by atoms with E-state index in [1.807, 2.05) is 0 Å². The lowest BCUT2D eigenvalue weighted by atomic mass is 9.44.